The van der Waals surface area contributed by atoms with Gasteiger partial charge in [-0.1, -0.05) is 153 Å². The van der Waals surface area contributed by atoms with Crippen molar-refractivity contribution in [2.45, 2.75) is 19.3 Å². The number of hydrogen-bond donors (Lipinski definition) is 0. The molecule has 2 nitrogen and oxygen atoms in total. The fourth-order valence-corrected chi connectivity index (χ4v) is 9.21. The van der Waals surface area contributed by atoms with Gasteiger partial charge < -0.3 is 9.32 Å². The van der Waals surface area contributed by atoms with E-state index in [1.807, 2.05) is 12.1 Å². The van der Waals surface area contributed by atoms with Crippen LogP contribution in [0.3, 0.4) is 0 Å². The van der Waals surface area contributed by atoms with Crippen LogP contribution >= 0.6 is 0 Å². The second kappa shape index (κ2) is 12.1. The maximum absolute atomic E-state index is 6.15. The minimum atomic E-state index is -0.162. The van der Waals surface area contributed by atoms with Crippen molar-refractivity contribution in [1.82, 2.24) is 0 Å². The number of furan rings is 1. The molecule has 10 aromatic rings. The number of nitrogens with zero attached hydrogens (tertiary/aromatic N) is 1. The second-order valence-corrected chi connectivity index (χ2v) is 15.3. The quantitative estimate of drug-likeness (QED) is 0.177. The van der Waals surface area contributed by atoms with E-state index in [0.29, 0.717) is 0 Å². The van der Waals surface area contributed by atoms with E-state index in [9.17, 15) is 0 Å². The van der Waals surface area contributed by atoms with Gasteiger partial charge in [0.2, 0.25) is 0 Å². The van der Waals surface area contributed by atoms with Crippen LogP contribution in [0.15, 0.2) is 192 Å². The predicted octanol–water partition coefficient (Wildman–Crippen LogP) is 15.0. The Morgan fingerprint density at radius 1 is 0.418 bits per heavy atom. The molecule has 55 heavy (non-hydrogen) atoms. The Bertz CT molecular complexity index is 3110. The van der Waals surface area contributed by atoms with Gasteiger partial charge in [0.1, 0.15) is 11.2 Å². The zero-order valence-corrected chi connectivity index (χ0v) is 30.8. The Morgan fingerprint density at radius 2 is 1.00 bits per heavy atom. The third-order valence-electron chi connectivity index (χ3n) is 11.8. The van der Waals surface area contributed by atoms with Gasteiger partial charge >= 0.3 is 0 Å². The largest absolute Gasteiger partial charge is 0.456 e. The third-order valence-corrected chi connectivity index (χ3v) is 11.8. The van der Waals surface area contributed by atoms with Gasteiger partial charge in [0, 0.05) is 33.1 Å². The minimum absolute atomic E-state index is 0.162. The molecule has 260 valence electrons. The lowest BCUT2D eigenvalue weighted by atomic mass is 9.80. The summed E-state index contributed by atoms with van der Waals surface area (Å²) in [7, 11) is 0. The number of anilines is 3. The fraction of sp³-hybridized carbons (Fsp3) is 0.0566. The Balaban J connectivity index is 1.11. The SMILES string of the molecule is CC1(C)c2ccccc2-c2c(N(c3ccc(-c4ccc5oc6ccccc6c5c4)cc3)c3ccc(-c4cccc5ccccc45)cc3)cc3ccccc3c21. The predicted molar refractivity (Wildman–Crippen MR) is 232 cm³/mol. The molecule has 1 aromatic heterocycles. The number of benzene rings is 9. The molecule has 2 heteroatoms. The van der Waals surface area contributed by atoms with Crippen LogP contribution in [0.5, 0.6) is 0 Å². The van der Waals surface area contributed by atoms with E-state index in [4.69, 9.17) is 4.42 Å². The molecule has 0 bridgehead atoms. The summed E-state index contributed by atoms with van der Waals surface area (Å²) in [6.45, 7) is 4.76. The zero-order chi connectivity index (χ0) is 36.7. The summed E-state index contributed by atoms with van der Waals surface area (Å²) >= 11 is 0. The van der Waals surface area contributed by atoms with Crippen LogP contribution in [-0.4, -0.2) is 0 Å². The first kappa shape index (κ1) is 31.6. The highest BCUT2D eigenvalue weighted by atomic mass is 16.3. The smallest absolute Gasteiger partial charge is 0.135 e. The molecule has 0 aliphatic heterocycles. The highest BCUT2D eigenvalue weighted by molar-refractivity contribution is 6.08. The van der Waals surface area contributed by atoms with E-state index in [-0.39, 0.29) is 5.41 Å². The van der Waals surface area contributed by atoms with E-state index in [0.717, 1.165) is 38.9 Å². The van der Waals surface area contributed by atoms with Crippen molar-refractivity contribution in [1.29, 1.82) is 0 Å². The van der Waals surface area contributed by atoms with Crippen LogP contribution in [0.2, 0.25) is 0 Å². The lowest BCUT2D eigenvalue weighted by Crippen LogP contribution is -2.16. The first-order valence-electron chi connectivity index (χ1n) is 19.1. The standard InChI is InChI=1S/C53H37NO/c1-53(2)47-20-9-7-18-45(47)51-48(33-38-13-4-6-16-43(38)52(51)53)54(40-29-24-36(25-30-40)42-19-11-14-35-12-3-5-15-41(35)42)39-27-22-34(23-28-39)37-26-31-50-46(32-37)44-17-8-10-21-49(44)55-50/h3-33H,1-2H3. The van der Waals surface area contributed by atoms with Crippen molar-refractivity contribution in [3.05, 3.63) is 199 Å². The van der Waals surface area contributed by atoms with Gasteiger partial charge in [0.25, 0.3) is 0 Å². The van der Waals surface area contributed by atoms with Gasteiger partial charge in [0.15, 0.2) is 0 Å². The average molecular weight is 704 g/mol. The van der Waals surface area contributed by atoms with Gasteiger partial charge in [-0.15, -0.1) is 0 Å². The lowest BCUT2D eigenvalue weighted by Gasteiger charge is -2.30. The summed E-state index contributed by atoms with van der Waals surface area (Å²) in [5.41, 5.74) is 15.2. The lowest BCUT2D eigenvalue weighted by molar-refractivity contribution is 0.666. The Labute approximate surface area is 320 Å². The molecule has 0 amide bonds. The van der Waals surface area contributed by atoms with Crippen LogP contribution in [-0.2, 0) is 5.41 Å². The van der Waals surface area contributed by atoms with Crippen molar-refractivity contribution in [2.24, 2.45) is 0 Å². The van der Waals surface area contributed by atoms with Crippen molar-refractivity contribution in [3.8, 4) is 33.4 Å². The Morgan fingerprint density at radius 3 is 1.80 bits per heavy atom. The van der Waals surface area contributed by atoms with Gasteiger partial charge in [-0.05, 0) is 109 Å². The molecule has 0 atom stereocenters. The van der Waals surface area contributed by atoms with Crippen molar-refractivity contribution in [3.63, 3.8) is 0 Å². The normalized spacial score (nSPS) is 13.1. The Hall–Kier alpha value is -6.90. The van der Waals surface area contributed by atoms with Gasteiger partial charge in [-0.2, -0.15) is 0 Å². The highest BCUT2D eigenvalue weighted by Gasteiger charge is 2.39. The molecular formula is C53H37NO. The molecule has 0 radical (unpaired) electrons. The molecule has 0 saturated carbocycles. The summed E-state index contributed by atoms with van der Waals surface area (Å²) in [4.78, 5) is 2.47. The molecule has 0 saturated heterocycles. The molecule has 0 unspecified atom stereocenters. The minimum Gasteiger partial charge on any atom is -0.456 e. The monoisotopic (exact) mass is 703 g/mol. The second-order valence-electron chi connectivity index (χ2n) is 15.3. The fourth-order valence-electron chi connectivity index (χ4n) is 9.21. The molecule has 1 aliphatic carbocycles. The highest BCUT2D eigenvalue weighted by Crippen LogP contribution is 2.56. The topological polar surface area (TPSA) is 16.4 Å². The van der Waals surface area contributed by atoms with Gasteiger partial charge in [0.05, 0.1) is 5.69 Å². The first-order valence-corrected chi connectivity index (χ1v) is 19.1. The average Bonchev–Trinajstić information content (AvgIpc) is 3.73. The van der Waals surface area contributed by atoms with E-state index in [2.05, 4.69) is 195 Å². The molecule has 0 spiro atoms. The van der Waals surface area contributed by atoms with Gasteiger partial charge in [-0.25, -0.2) is 0 Å². The molecule has 11 rings (SSSR count). The summed E-state index contributed by atoms with van der Waals surface area (Å²) in [5, 5.41) is 7.34. The third kappa shape index (κ3) is 4.88. The summed E-state index contributed by atoms with van der Waals surface area (Å²) in [6, 6.07) is 68.5. The first-order chi connectivity index (χ1) is 27.0. The van der Waals surface area contributed by atoms with E-state index in [1.54, 1.807) is 0 Å². The maximum atomic E-state index is 6.15. The van der Waals surface area contributed by atoms with E-state index >= 15 is 0 Å². The number of hydrogen-bond acceptors (Lipinski definition) is 2. The van der Waals surface area contributed by atoms with E-state index < -0.39 is 0 Å². The molecule has 9 aromatic carbocycles. The molecule has 0 N–H and O–H groups in total. The maximum Gasteiger partial charge on any atom is 0.135 e. The molecule has 0 fully saturated rings. The number of fused-ring (bicyclic) bond motifs is 9. The number of para-hydroxylation sites is 1. The molecule has 1 aliphatic rings. The van der Waals surface area contributed by atoms with Crippen molar-refractivity contribution >= 4 is 60.5 Å². The molecular weight excluding hydrogens is 667 g/mol. The summed E-state index contributed by atoms with van der Waals surface area (Å²) < 4.78 is 6.15. The van der Waals surface area contributed by atoms with Crippen LogP contribution in [0, 0.1) is 0 Å². The molecule has 1 heterocycles. The van der Waals surface area contributed by atoms with E-state index in [1.165, 1.54) is 66.2 Å². The van der Waals surface area contributed by atoms with Crippen molar-refractivity contribution < 1.29 is 4.42 Å². The van der Waals surface area contributed by atoms with Crippen LogP contribution < -0.4 is 4.90 Å². The van der Waals surface area contributed by atoms with Gasteiger partial charge in [-0.3, -0.25) is 0 Å². The summed E-state index contributed by atoms with van der Waals surface area (Å²) in [5.74, 6) is 0. The van der Waals surface area contributed by atoms with Crippen LogP contribution in [0.1, 0.15) is 25.0 Å². The van der Waals surface area contributed by atoms with Crippen LogP contribution in [0.4, 0.5) is 17.1 Å². The summed E-state index contributed by atoms with van der Waals surface area (Å²) in [6.07, 6.45) is 0. The Kier molecular flexibility index (Phi) is 6.93. The zero-order valence-electron chi connectivity index (χ0n) is 30.8. The van der Waals surface area contributed by atoms with Crippen molar-refractivity contribution in [2.75, 3.05) is 4.90 Å². The van der Waals surface area contributed by atoms with Crippen LogP contribution in [0.25, 0.3) is 76.9 Å². The number of rotatable bonds is 5.